The number of pyridine rings is 1. The van der Waals surface area contributed by atoms with Crippen LogP contribution in [0, 0.1) is 11.8 Å². The molecule has 4 rings (SSSR count). The lowest BCUT2D eigenvalue weighted by Crippen LogP contribution is -2.08. The fourth-order valence-electron chi connectivity index (χ4n) is 2.99. The van der Waals surface area contributed by atoms with E-state index in [0.717, 1.165) is 27.8 Å². The molecule has 2 aromatic heterocycles. The lowest BCUT2D eigenvalue weighted by molar-refractivity contribution is 0.597. The van der Waals surface area contributed by atoms with Gasteiger partial charge in [0.25, 0.3) is 0 Å². The minimum atomic E-state index is -3.42. The van der Waals surface area contributed by atoms with Gasteiger partial charge in [-0.05, 0) is 54.4 Å². The number of nitrogens with zero attached hydrogens (tertiary/aromatic N) is 1. The molecule has 0 unspecified atom stereocenters. The lowest BCUT2D eigenvalue weighted by atomic mass is 10.1. The summed E-state index contributed by atoms with van der Waals surface area (Å²) in [6, 6.07) is 18.0. The summed E-state index contributed by atoms with van der Waals surface area (Å²) >= 11 is 13.2. The Kier molecular flexibility index (Phi) is 6.12. The van der Waals surface area contributed by atoms with Crippen LogP contribution in [0.5, 0.6) is 0 Å². The number of sulfone groups is 1. The highest BCUT2D eigenvalue weighted by Crippen LogP contribution is 2.25. The Morgan fingerprint density at radius 3 is 2.63 bits per heavy atom. The molecule has 0 atom stereocenters. The van der Waals surface area contributed by atoms with Crippen molar-refractivity contribution in [2.24, 2.45) is 0 Å². The Labute approximate surface area is 189 Å². The summed E-state index contributed by atoms with van der Waals surface area (Å²) in [4.78, 5) is 4.99. The van der Waals surface area contributed by atoms with E-state index >= 15 is 0 Å². The van der Waals surface area contributed by atoms with Crippen LogP contribution in [0.2, 0.25) is 10.0 Å². The van der Waals surface area contributed by atoms with Gasteiger partial charge in [-0.2, -0.15) is 0 Å². The van der Waals surface area contributed by atoms with Crippen LogP contribution in [0.1, 0.15) is 16.0 Å². The van der Waals surface area contributed by atoms with Gasteiger partial charge in [-0.1, -0.05) is 53.2 Å². The standard InChI is InChI=1S/C23H15Cl2NO2S2/c24-18-7-5-17(21(25)15-18)6-8-19-9-10-23(29-19)30(27,28)14-12-16-11-13-26-22-4-2-1-3-20(16)22/h1-5,7,9-11,13,15H,12,14H2. The highest BCUT2D eigenvalue weighted by atomic mass is 35.5. The highest BCUT2D eigenvalue weighted by Gasteiger charge is 2.17. The van der Waals surface area contributed by atoms with E-state index in [2.05, 4.69) is 16.8 Å². The lowest BCUT2D eigenvalue weighted by Gasteiger charge is -2.06. The number of benzene rings is 2. The van der Waals surface area contributed by atoms with Gasteiger partial charge < -0.3 is 0 Å². The average molecular weight is 472 g/mol. The van der Waals surface area contributed by atoms with Gasteiger partial charge in [0.1, 0.15) is 4.21 Å². The maximum atomic E-state index is 12.8. The summed E-state index contributed by atoms with van der Waals surface area (Å²) in [5.74, 6) is 5.97. The molecule has 0 radical (unpaired) electrons. The molecular weight excluding hydrogens is 457 g/mol. The zero-order valence-electron chi connectivity index (χ0n) is 15.6. The summed E-state index contributed by atoms with van der Waals surface area (Å²) in [6.07, 6.45) is 2.13. The summed E-state index contributed by atoms with van der Waals surface area (Å²) < 4.78 is 26.0. The molecular formula is C23H15Cl2NO2S2. The number of hydrogen-bond acceptors (Lipinski definition) is 4. The molecule has 0 amide bonds. The molecule has 0 bridgehead atoms. The van der Waals surface area contributed by atoms with Crippen LogP contribution < -0.4 is 0 Å². The van der Waals surface area contributed by atoms with Gasteiger partial charge in [0.2, 0.25) is 0 Å². The molecule has 2 aromatic carbocycles. The minimum absolute atomic E-state index is 0.0252. The van der Waals surface area contributed by atoms with E-state index in [1.54, 1.807) is 36.5 Å². The monoisotopic (exact) mass is 471 g/mol. The fourth-order valence-corrected chi connectivity index (χ4v) is 6.03. The Balaban J connectivity index is 1.52. The molecule has 150 valence electrons. The Hall–Kier alpha value is -2.36. The number of thiophene rings is 1. The third kappa shape index (κ3) is 4.69. The normalized spacial score (nSPS) is 11.3. The van der Waals surface area contributed by atoms with Crippen LogP contribution in [0.25, 0.3) is 10.9 Å². The smallest absolute Gasteiger partial charge is 0.188 e. The van der Waals surface area contributed by atoms with Crippen molar-refractivity contribution in [3.63, 3.8) is 0 Å². The highest BCUT2D eigenvalue weighted by molar-refractivity contribution is 7.93. The van der Waals surface area contributed by atoms with Crippen LogP contribution in [-0.2, 0) is 16.3 Å². The SMILES string of the molecule is O=S(=O)(CCc1ccnc2ccccc12)c1ccc(C#Cc2ccc(Cl)cc2Cl)s1. The molecule has 3 nitrogen and oxygen atoms in total. The average Bonchev–Trinajstić information content (AvgIpc) is 3.22. The number of aryl methyl sites for hydroxylation is 1. The van der Waals surface area contributed by atoms with Crippen molar-refractivity contribution in [2.45, 2.75) is 10.6 Å². The van der Waals surface area contributed by atoms with E-state index in [9.17, 15) is 8.42 Å². The molecule has 0 aliphatic heterocycles. The van der Waals surface area contributed by atoms with Gasteiger partial charge in [-0.15, -0.1) is 11.3 Å². The van der Waals surface area contributed by atoms with E-state index in [4.69, 9.17) is 23.2 Å². The molecule has 0 saturated heterocycles. The molecule has 4 aromatic rings. The van der Waals surface area contributed by atoms with Crippen molar-refractivity contribution >= 4 is 55.3 Å². The van der Waals surface area contributed by atoms with Gasteiger partial charge in [0.05, 0.1) is 21.2 Å². The first-order valence-electron chi connectivity index (χ1n) is 9.05. The van der Waals surface area contributed by atoms with Crippen LogP contribution >= 0.6 is 34.5 Å². The summed E-state index contributed by atoms with van der Waals surface area (Å²) in [6.45, 7) is 0. The molecule has 30 heavy (non-hydrogen) atoms. The Morgan fingerprint density at radius 1 is 0.967 bits per heavy atom. The van der Waals surface area contributed by atoms with E-state index in [1.807, 2.05) is 30.3 Å². The van der Waals surface area contributed by atoms with Crippen molar-refractivity contribution in [1.82, 2.24) is 4.98 Å². The number of rotatable bonds is 4. The van der Waals surface area contributed by atoms with Crippen molar-refractivity contribution in [1.29, 1.82) is 0 Å². The van der Waals surface area contributed by atoms with Crippen LogP contribution in [-0.4, -0.2) is 19.2 Å². The molecule has 0 fully saturated rings. The first kappa shape index (κ1) is 20.9. The number of halogens is 2. The topological polar surface area (TPSA) is 47.0 Å². The van der Waals surface area contributed by atoms with Crippen LogP contribution in [0.4, 0.5) is 0 Å². The molecule has 0 N–H and O–H groups in total. The zero-order valence-corrected chi connectivity index (χ0v) is 18.7. The second-order valence-corrected chi connectivity index (χ2v) is 10.8. The maximum Gasteiger partial charge on any atom is 0.188 e. The maximum absolute atomic E-state index is 12.8. The molecule has 0 saturated carbocycles. The van der Waals surface area contributed by atoms with Gasteiger partial charge in [-0.3, -0.25) is 4.98 Å². The number of fused-ring (bicyclic) bond motifs is 1. The quantitative estimate of drug-likeness (QED) is 0.342. The van der Waals surface area contributed by atoms with Crippen molar-refractivity contribution in [2.75, 3.05) is 5.75 Å². The Morgan fingerprint density at radius 2 is 1.80 bits per heavy atom. The van der Waals surface area contributed by atoms with Crippen molar-refractivity contribution < 1.29 is 8.42 Å². The first-order chi connectivity index (χ1) is 14.4. The first-order valence-corrected chi connectivity index (χ1v) is 12.3. The number of aromatic nitrogens is 1. The van der Waals surface area contributed by atoms with E-state index in [0.29, 0.717) is 31.1 Å². The molecule has 0 aliphatic carbocycles. The van der Waals surface area contributed by atoms with Crippen molar-refractivity contribution in [3.8, 4) is 11.8 Å². The predicted molar refractivity (Wildman–Crippen MR) is 124 cm³/mol. The van der Waals surface area contributed by atoms with E-state index in [-0.39, 0.29) is 5.75 Å². The molecule has 2 heterocycles. The second-order valence-electron chi connectivity index (χ2n) is 6.55. The summed E-state index contributed by atoms with van der Waals surface area (Å²) in [5.41, 5.74) is 2.48. The zero-order chi connectivity index (χ0) is 21.1. The van der Waals surface area contributed by atoms with Gasteiger partial charge in [-0.25, -0.2) is 8.42 Å². The fraction of sp³-hybridized carbons (Fsp3) is 0.0870. The van der Waals surface area contributed by atoms with Gasteiger partial charge >= 0.3 is 0 Å². The number of para-hydroxylation sites is 1. The third-order valence-electron chi connectivity index (χ3n) is 4.52. The minimum Gasteiger partial charge on any atom is -0.256 e. The van der Waals surface area contributed by atoms with E-state index < -0.39 is 9.84 Å². The van der Waals surface area contributed by atoms with Gasteiger partial charge in [0.15, 0.2) is 9.84 Å². The largest absolute Gasteiger partial charge is 0.256 e. The predicted octanol–water partition coefficient (Wildman–Crippen LogP) is 6.02. The summed E-state index contributed by atoms with van der Waals surface area (Å²) in [5, 5.41) is 1.98. The summed E-state index contributed by atoms with van der Waals surface area (Å²) in [7, 11) is -3.42. The Bertz CT molecular complexity index is 1390. The van der Waals surface area contributed by atoms with E-state index in [1.165, 1.54) is 0 Å². The molecule has 0 spiro atoms. The van der Waals surface area contributed by atoms with Crippen LogP contribution in [0.3, 0.4) is 0 Å². The van der Waals surface area contributed by atoms with Gasteiger partial charge in [0, 0.05) is 22.2 Å². The molecule has 0 aliphatic rings. The van der Waals surface area contributed by atoms with Crippen LogP contribution in [0.15, 0.2) is 71.1 Å². The second kappa shape index (κ2) is 8.79. The third-order valence-corrected chi connectivity index (χ3v) is 8.36. The molecule has 7 heteroatoms. The number of hydrogen-bond donors (Lipinski definition) is 0. The van der Waals surface area contributed by atoms with Crippen molar-refractivity contribution in [3.05, 3.63) is 92.9 Å².